The zero-order chi connectivity index (χ0) is 28.5. The van der Waals surface area contributed by atoms with Crippen molar-refractivity contribution in [3.05, 3.63) is 61.3 Å². The summed E-state index contributed by atoms with van der Waals surface area (Å²) in [6.07, 6.45) is 7.31. The molecule has 2 heterocycles. The number of aromatic nitrogens is 1. The average molecular weight is 561 g/mol. The summed E-state index contributed by atoms with van der Waals surface area (Å²) in [4.78, 5) is 20.0. The third-order valence-electron chi connectivity index (χ3n) is 7.85. The summed E-state index contributed by atoms with van der Waals surface area (Å²) in [6.45, 7) is 10.2. The number of nitrogens with zero attached hydrogens (tertiary/aromatic N) is 2. The highest BCUT2D eigenvalue weighted by Gasteiger charge is 2.43. The van der Waals surface area contributed by atoms with E-state index in [1.165, 1.54) is 0 Å². The van der Waals surface area contributed by atoms with E-state index >= 15 is 0 Å². The Bertz CT molecular complexity index is 1320. The lowest BCUT2D eigenvalue weighted by Crippen LogP contribution is -2.49. The highest BCUT2D eigenvalue weighted by Crippen LogP contribution is 2.42. The second kappa shape index (κ2) is 13.8. The summed E-state index contributed by atoms with van der Waals surface area (Å²) in [6, 6.07) is 13.1. The van der Waals surface area contributed by atoms with Gasteiger partial charge in [0.05, 0.1) is 37.9 Å². The minimum atomic E-state index is -0.349. The Hall–Kier alpha value is -3.66. The molecular weight excluding hydrogens is 520 g/mol. The maximum atomic E-state index is 13.0. The van der Waals surface area contributed by atoms with Crippen LogP contribution in [0.25, 0.3) is 10.9 Å². The predicted molar refractivity (Wildman–Crippen MR) is 160 cm³/mol. The predicted octanol–water partition coefficient (Wildman–Crippen LogP) is 5.02. The van der Waals surface area contributed by atoms with Crippen LogP contribution >= 0.6 is 0 Å². The van der Waals surface area contributed by atoms with Crippen LogP contribution in [0.2, 0.25) is 0 Å². The third-order valence-corrected chi connectivity index (χ3v) is 7.85. The van der Waals surface area contributed by atoms with Gasteiger partial charge < -0.3 is 29.6 Å². The van der Waals surface area contributed by atoms with E-state index in [1.54, 1.807) is 13.3 Å². The van der Waals surface area contributed by atoms with Crippen LogP contribution in [0.4, 0.5) is 5.69 Å². The van der Waals surface area contributed by atoms with Crippen LogP contribution < -0.4 is 24.8 Å². The number of fused-ring (bicyclic) bond motifs is 1. The van der Waals surface area contributed by atoms with E-state index in [9.17, 15) is 4.79 Å². The van der Waals surface area contributed by atoms with Gasteiger partial charge in [0.2, 0.25) is 5.91 Å². The molecule has 1 saturated heterocycles. The van der Waals surface area contributed by atoms with Gasteiger partial charge in [-0.3, -0.25) is 14.7 Å². The lowest BCUT2D eigenvalue weighted by atomic mass is 9.68. The number of carbonyl (C=O) groups is 1. The molecule has 1 saturated carbocycles. The molecule has 1 amide bonds. The maximum absolute atomic E-state index is 13.0. The van der Waals surface area contributed by atoms with E-state index in [1.807, 2.05) is 48.5 Å². The first-order valence-corrected chi connectivity index (χ1v) is 14.4. The Kier molecular flexibility index (Phi) is 9.71. The van der Waals surface area contributed by atoms with Crippen molar-refractivity contribution in [1.82, 2.24) is 15.2 Å². The van der Waals surface area contributed by atoms with Gasteiger partial charge in [-0.15, -0.1) is 6.58 Å². The number of hydrogen-bond acceptors (Lipinski definition) is 8. The molecule has 1 aliphatic heterocycles. The van der Waals surface area contributed by atoms with E-state index in [-0.39, 0.29) is 11.3 Å². The number of carbonyl (C=O) groups excluding carboxylic acids is 1. The van der Waals surface area contributed by atoms with Crippen molar-refractivity contribution >= 4 is 22.5 Å². The standard InChI is InChI=1S/C32H40N4O5/c1-3-13-33-23-32(11-4-12-32)31(37)35-24-6-8-25(9-7-24)41-28-10-14-34-27-22-30(29(38-2)21-26(27)28)40-18-5-15-36-16-19-39-20-17-36/h3,6-10,14,21-22,33H,1,4-5,11-13,15-20,23H2,2H3,(H,35,37). The average Bonchev–Trinajstić information content (AvgIpc) is 2.98. The quantitative estimate of drug-likeness (QED) is 0.210. The Morgan fingerprint density at radius 2 is 1.93 bits per heavy atom. The molecule has 1 aromatic heterocycles. The van der Waals surface area contributed by atoms with Gasteiger partial charge >= 0.3 is 0 Å². The molecule has 41 heavy (non-hydrogen) atoms. The van der Waals surface area contributed by atoms with Crippen molar-refractivity contribution in [3.8, 4) is 23.0 Å². The van der Waals surface area contributed by atoms with E-state index in [2.05, 4.69) is 27.1 Å². The molecule has 5 rings (SSSR count). The largest absolute Gasteiger partial charge is 0.493 e. The SMILES string of the molecule is C=CCNCC1(C(=O)Nc2ccc(Oc3ccnc4cc(OCCCN5CCOCC5)c(OC)cc34)cc2)CCC1. The molecule has 1 aliphatic carbocycles. The number of morpholine rings is 1. The van der Waals surface area contributed by atoms with Crippen molar-refractivity contribution in [2.24, 2.45) is 5.41 Å². The summed E-state index contributed by atoms with van der Waals surface area (Å²) in [7, 11) is 1.63. The molecule has 0 atom stereocenters. The normalized spacial score (nSPS) is 16.5. The molecule has 2 fully saturated rings. The second-order valence-corrected chi connectivity index (χ2v) is 10.6. The summed E-state index contributed by atoms with van der Waals surface area (Å²) in [5.74, 6) is 2.66. The van der Waals surface area contributed by atoms with Crippen molar-refractivity contribution < 1.29 is 23.7 Å². The van der Waals surface area contributed by atoms with Gasteiger partial charge in [0.25, 0.3) is 0 Å². The number of benzene rings is 2. The van der Waals surface area contributed by atoms with Gasteiger partial charge in [0.15, 0.2) is 11.5 Å². The number of amides is 1. The fourth-order valence-electron chi connectivity index (χ4n) is 5.28. The van der Waals surface area contributed by atoms with Crippen LogP contribution in [0.1, 0.15) is 25.7 Å². The molecule has 9 heteroatoms. The van der Waals surface area contributed by atoms with Crippen molar-refractivity contribution in [3.63, 3.8) is 0 Å². The Morgan fingerprint density at radius 3 is 2.63 bits per heavy atom. The van der Waals surface area contributed by atoms with Crippen LogP contribution in [0.3, 0.4) is 0 Å². The highest BCUT2D eigenvalue weighted by atomic mass is 16.5. The molecule has 9 nitrogen and oxygen atoms in total. The number of methoxy groups -OCH3 is 1. The highest BCUT2D eigenvalue weighted by molar-refractivity contribution is 5.96. The molecule has 2 N–H and O–H groups in total. The Labute approximate surface area is 241 Å². The molecule has 218 valence electrons. The zero-order valence-corrected chi connectivity index (χ0v) is 23.8. The minimum Gasteiger partial charge on any atom is -0.493 e. The summed E-state index contributed by atoms with van der Waals surface area (Å²) >= 11 is 0. The Balaban J connectivity index is 1.21. The number of ether oxygens (including phenoxy) is 4. The number of nitrogens with one attached hydrogen (secondary N) is 2. The molecule has 0 spiro atoms. The number of hydrogen-bond donors (Lipinski definition) is 2. The van der Waals surface area contributed by atoms with Gasteiger partial charge in [-0.05, 0) is 55.7 Å². The van der Waals surface area contributed by atoms with Crippen molar-refractivity contribution in [1.29, 1.82) is 0 Å². The van der Waals surface area contributed by atoms with Gasteiger partial charge in [-0.2, -0.15) is 0 Å². The second-order valence-electron chi connectivity index (χ2n) is 10.6. The first kappa shape index (κ1) is 28.9. The number of rotatable bonds is 14. The van der Waals surface area contributed by atoms with E-state index in [4.69, 9.17) is 18.9 Å². The lowest BCUT2D eigenvalue weighted by Gasteiger charge is -2.40. The summed E-state index contributed by atoms with van der Waals surface area (Å²) < 4.78 is 23.4. The van der Waals surface area contributed by atoms with Gasteiger partial charge in [0, 0.05) is 56.1 Å². The topological polar surface area (TPSA) is 94.2 Å². The third kappa shape index (κ3) is 7.16. The summed E-state index contributed by atoms with van der Waals surface area (Å²) in [5, 5.41) is 7.21. The minimum absolute atomic E-state index is 0.0559. The monoisotopic (exact) mass is 560 g/mol. The Morgan fingerprint density at radius 1 is 1.12 bits per heavy atom. The van der Waals surface area contributed by atoms with E-state index in [0.29, 0.717) is 42.7 Å². The molecule has 0 unspecified atom stereocenters. The maximum Gasteiger partial charge on any atom is 0.231 e. The molecular formula is C32H40N4O5. The molecule has 2 aliphatic rings. The van der Waals surface area contributed by atoms with Crippen LogP contribution in [0, 0.1) is 5.41 Å². The van der Waals surface area contributed by atoms with Gasteiger partial charge in [-0.25, -0.2) is 0 Å². The van der Waals surface area contributed by atoms with Gasteiger partial charge in [0.1, 0.15) is 11.5 Å². The number of anilines is 1. The fourth-order valence-corrected chi connectivity index (χ4v) is 5.28. The number of pyridine rings is 1. The smallest absolute Gasteiger partial charge is 0.231 e. The fraction of sp³-hybridized carbons (Fsp3) is 0.438. The molecule has 0 radical (unpaired) electrons. The lowest BCUT2D eigenvalue weighted by molar-refractivity contribution is -0.129. The van der Waals surface area contributed by atoms with Crippen molar-refractivity contribution in [2.75, 3.05) is 65.0 Å². The zero-order valence-electron chi connectivity index (χ0n) is 23.8. The van der Waals surface area contributed by atoms with Gasteiger partial charge in [-0.1, -0.05) is 12.5 Å². The van der Waals surface area contributed by atoms with Crippen LogP contribution in [0.15, 0.2) is 61.3 Å². The van der Waals surface area contributed by atoms with Crippen LogP contribution in [-0.2, 0) is 9.53 Å². The molecule has 2 aromatic carbocycles. The first-order valence-electron chi connectivity index (χ1n) is 14.4. The van der Waals surface area contributed by atoms with Crippen LogP contribution in [0.5, 0.6) is 23.0 Å². The molecule has 0 bridgehead atoms. The van der Waals surface area contributed by atoms with E-state index < -0.39 is 0 Å². The first-order chi connectivity index (χ1) is 20.1. The summed E-state index contributed by atoms with van der Waals surface area (Å²) in [5.41, 5.74) is 1.15. The molecule has 3 aromatic rings. The van der Waals surface area contributed by atoms with Crippen molar-refractivity contribution in [2.45, 2.75) is 25.7 Å². The van der Waals surface area contributed by atoms with Crippen LogP contribution in [-0.4, -0.2) is 75.4 Å². The van der Waals surface area contributed by atoms with E-state index in [0.717, 1.165) is 75.1 Å².